The van der Waals surface area contributed by atoms with Crippen molar-refractivity contribution >= 4 is 40.6 Å². The highest BCUT2D eigenvalue weighted by Gasteiger charge is 2.22. The van der Waals surface area contributed by atoms with E-state index in [1.807, 2.05) is 0 Å². The van der Waals surface area contributed by atoms with Gasteiger partial charge < -0.3 is 14.6 Å². The second kappa shape index (κ2) is 6.15. The van der Waals surface area contributed by atoms with Crippen LogP contribution in [0.3, 0.4) is 0 Å². The Balaban J connectivity index is 2.88. The minimum Gasteiger partial charge on any atom is -0.462 e. The smallest absolute Gasteiger partial charge is 0.343 e. The van der Waals surface area contributed by atoms with E-state index in [1.54, 1.807) is 6.92 Å². The number of benzene rings is 1. The van der Waals surface area contributed by atoms with E-state index in [2.05, 4.69) is 4.98 Å². The number of aromatic amines is 1. The molecule has 0 radical (unpaired) electrons. The fourth-order valence-corrected chi connectivity index (χ4v) is 2.25. The summed E-state index contributed by atoms with van der Waals surface area (Å²) in [7, 11) is 1.28. The van der Waals surface area contributed by atoms with Crippen LogP contribution < -0.4 is 10.3 Å². The van der Waals surface area contributed by atoms with Gasteiger partial charge in [-0.2, -0.15) is 0 Å². The zero-order valence-corrected chi connectivity index (χ0v) is 12.5. The topological polar surface area (TPSA) is 79.5 Å². The Morgan fingerprint density at radius 1 is 1.55 bits per heavy atom. The molecule has 1 heterocycles. The van der Waals surface area contributed by atoms with Crippen LogP contribution >= 0.6 is 11.6 Å². The summed E-state index contributed by atoms with van der Waals surface area (Å²) in [4.78, 5) is 38.8. The molecule has 0 aliphatic rings. The van der Waals surface area contributed by atoms with Crippen molar-refractivity contribution in [1.82, 2.24) is 4.98 Å². The molecule has 1 aromatic carbocycles. The van der Waals surface area contributed by atoms with E-state index in [9.17, 15) is 18.8 Å². The number of anilines is 1. The standard InChI is InChI=1S/C14H12ClFN2O4/c1-3-22-14(21)7-5-17-9-4-8(15)11(16)12(18(2)6-19)10(9)13(7)20/h4-6H,3H2,1-2H3,(H,17,20). The molecule has 0 fully saturated rings. The molecule has 0 spiro atoms. The number of aromatic nitrogens is 1. The maximum absolute atomic E-state index is 14.2. The highest BCUT2D eigenvalue weighted by molar-refractivity contribution is 6.32. The molecular formula is C14H12ClFN2O4. The molecule has 1 amide bonds. The van der Waals surface area contributed by atoms with Crippen LogP contribution in [-0.2, 0) is 9.53 Å². The predicted molar refractivity (Wildman–Crippen MR) is 80.0 cm³/mol. The van der Waals surface area contributed by atoms with Crippen molar-refractivity contribution in [2.24, 2.45) is 0 Å². The van der Waals surface area contributed by atoms with Gasteiger partial charge in [-0.15, -0.1) is 0 Å². The average molecular weight is 327 g/mol. The molecule has 0 bridgehead atoms. The van der Waals surface area contributed by atoms with Crippen molar-refractivity contribution < 1.29 is 18.7 Å². The van der Waals surface area contributed by atoms with E-state index < -0.39 is 17.2 Å². The average Bonchev–Trinajstić information content (AvgIpc) is 2.49. The van der Waals surface area contributed by atoms with Crippen LogP contribution in [0.25, 0.3) is 10.9 Å². The number of fused-ring (bicyclic) bond motifs is 1. The molecule has 22 heavy (non-hydrogen) atoms. The third-order valence-corrected chi connectivity index (χ3v) is 3.32. The number of hydrogen-bond acceptors (Lipinski definition) is 4. The highest BCUT2D eigenvalue weighted by atomic mass is 35.5. The molecule has 0 atom stereocenters. The fraction of sp³-hybridized carbons (Fsp3) is 0.214. The molecule has 1 N–H and O–H groups in total. The molecule has 1 aromatic heterocycles. The summed E-state index contributed by atoms with van der Waals surface area (Å²) in [6, 6.07) is 1.21. The zero-order valence-electron chi connectivity index (χ0n) is 11.8. The summed E-state index contributed by atoms with van der Waals surface area (Å²) >= 11 is 5.77. The molecule has 0 aliphatic heterocycles. The minimum atomic E-state index is -0.921. The predicted octanol–water partition coefficient (Wildman–Crippen LogP) is 2.09. The van der Waals surface area contributed by atoms with Gasteiger partial charge in [0, 0.05) is 13.2 Å². The Morgan fingerprint density at radius 2 is 2.23 bits per heavy atom. The second-order valence-electron chi connectivity index (χ2n) is 4.41. The first-order chi connectivity index (χ1) is 10.4. The van der Waals surface area contributed by atoms with Crippen LogP contribution in [0.4, 0.5) is 10.1 Å². The summed E-state index contributed by atoms with van der Waals surface area (Å²) in [6.07, 6.45) is 1.51. The second-order valence-corrected chi connectivity index (χ2v) is 4.82. The Labute approximate surface area is 129 Å². The maximum atomic E-state index is 14.2. The van der Waals surface area contributed by atoms with E-state index in [1.165, 1.54) is 19.3 Å². The zero-order chi connectivity index (χ0) is 16.4. The van der Waals surface area contributed by atoms with Crippen molar-refractivity contribution in [1.29, 1.82) is 0 Å². The molecule has 2 rings (SSSR count). The Hall–Kier alpha value is -2.41. The quantitative estimate of drug-likeness (QED) is 0.689. The van der Waals surface area contributed by atoms with E-state index in [0.29, 0.717) is 6.41 Å². The van der Waals surface area contributed by atoms with Crippen LogP contribution in [0, 0.1) is 5.82 Å². The number of nitrogens with one attached hydrogen (secondary N) is 1. The molecule has 8 heteroatoms. The van der Waals surface area contributed by atoms with E-state index in [4.69, 9.17) is 16.3 Å². The van der Waals surface area contributed by atoms with Gasteiger partial charge in [-0.1, -0.05) is 11.6 Å². The van der Waals surface area contributed by atoms with Gasteiger partial charge in [0.25, 0.3) is 0 Å². The van der Waals surface area contributed by atoms with Crippen molar-refractivity contribution in [3.63, 3.8) is 0 Å². The normalized spacial score (nSPS) is 10.5. The lowest BCUT2D eigenvalue weighted by atomic mass is 10.1. The lowest BCUT2D eigenvalue weighted by Gasteiger charge is -2.16. The number of halogens is 2. The van der Waals surface area contributed by atoms with Gasteiger partial charge in [-0.3, -0.25) is 9.59 Å². The molecule has 116 valence electrons. The molecule has 2 aromatic rings. The first-order valence-electron chi connectivity index (χ1n) is 6.31. The molecule has 0 saturated carbocycles. The fourth-order valence-electron chi connectivity index (χ4n) is 2.05. The number of pyridine rings is 1. The van der Waals surface area contributed by atoms with Crippen molar-refractivity contribution in [3.8, 4) is 0 Å². The molecule has 0 aliphatic carbocycles. The van der Waals surface area contributed by atoms with Crippen LogP contribution in [0.15, 0.2) is 17.1 Å². The summed E-state index contributed by atoms with van der Waals surface area (Å²) < 4.78 is 19.0. The SMILES string of the molecule is CCOC(=O)c1c[nH]c2cc(Cl)c(F)c(N(C)C=O)c2c1=O. The lowest BCUT2D eigenvalue weighted by Crippen LogP contribution is -2.23. The summed E-state index contributed by atoms with van der Waals surface area (Å²) in [5.41, 5.74) is -1.12. The molecule has 6 nitrogen and oxygen atoms in total. The summed E-state index contributed by atoms with van der Waals surface area (Å²) in [6.45, 7) is 1.69. The maximum Gasteiger partial charge on any atom is 0.343 e. The van der Waals surface area contributed by atoms with Crippen LogP contribution in [0.1, 0.15) is 17.3 Å². The first kappa shape index (κ1) is 16.0. The van der Waals surface area contributed by atoms with Gasteiger partial charge in [0.2, 0.25) is 11.8 Å². The number of ether oxygens (including phenoxy) is 1. The van der Waals surface area contributed by atoms with Gasteiger partial charge in [-0.25, -0.2) is 9.18 Å². The number of hydrogen-bond donors (Lipinski definition) is 1. The summed E-state index contributed by atoms with van der Waals surface area (Å²) in [5.74, 6) is -1.75. The third-order valence-electron chi connectivity index (χ3n) is 3.04. The number of esters is 1. The Morgan fingerprint density at radius 3 is 2.82 bits per heavy atom. The number of nitrogens with zero attached hydrogens (tertiary/aromatic N) is 1. The Bertz CT molecular complexity index is 819. The van der Waals surface area contributed by atoms with Gasteiger partial charge in [0.1, 0.15) is 5.56 Å². The van der Waals surface area contributed by atoms with Crippen LogP contribution in [0.5, 0.6) is 0 Å². The van der Waals surface area contributed by atoms with Gasteiger partial charge in [-0.05, 0) is 13.0 Å². The lowest BCUT2D eigenvalue weighted by molar-refractivity contribution is -0.107. The third kappa shape index (κ3) is 2.55. The Kier molecular flexibility index (Phi) is 4.46. The van der Waals surface area contributed by atoms with Crippen molar-refractivity contribution in [2.75, 3.05) is 18.6 Å². The number of H-pyrrole nitrogens is 1. The van der Waals surface area contributed by atoms with Gasteiger partial charge in [0.05, 0.1) is 28.2 Å². The van der Waals surface area contributed by atoms with Crippen molar-refractivity contribution in [3.05, 3.63) is 38.9 Å². The molecule has 0 unspecified atom stereocenters. The van der Waals surface area contributed by atoms with E-state index >= 15 is 0 Å². The van der Waals surface area contributed by atoms with Gasteiger partial charge in [0.15, 0.2) is 5.82 Å². The highest BCUT2D eigenvalue weighted by Crippen LogP contribution is 2.31. The van der Waals surface area contributed by atoms with E-state index in [-0.39, 0.29) is 33.8 Å². The minimum absolute atomic E-state index is 0.0897. The molecular weight excluding hydrogens is 315 g/mol. The van der Waals surface area contributed by atoms with Crippen LogP contribution in [0.2, 0.25) is 5.02 Å². The van der Waals surface area contributed by atoms with Crippen molar-refractivity contribution in [2.45, 2.75) is 6.92 Å². The summed E-state index contributed by atoms with van der Waals surface area (Å²) in [5, 5.41) is -0.405. The monoisotopic (exact) mass is 326 g/mol. The largest absolute Gasteiger partial charge is 0.462 e. The van der Waals surface area contributed by atoms with E-state index in [0.717, 1.165) is 4.90 Å². The molecule has 0 saturated heterocycles. The number of carbonyl (C=O) groups excluding carboxylic acids is 2. The first-order valence-corrected chi connectivity index (χ1v) is 6.68. The number of carbonyl (C=O) groups is 2. The van der Waals surface area contributed by atoms with Gasteiger partial charge >= 0.3 is 5.97 Å². The number of amides is 1. The van der Waals surface area contributed by atoms with Crippen LogP contribution in [-0.4, -0.2) is 31.0 Å². The number of rotatable bonds is 4.